The summed E-state index contributed by atoms with van der Waals surface area (Å²) in [6, 6.07) is 7.89. The number of anilines is 1. The van der Waals surface area contributed by atoms with Gasteiger partial charge in [0, 0.05) is 39.3 Å². The molecule has 0 amide bonds. The monoisotopic (exact) mass is 367 g/mol. The molecule has 2 fully saturated rings. The van der Waals surface area contributed by atoms with Gasteiger partial charge in [-0.25, -0.2) is 0 Å². The third kappa shape index (κ3) is 3.93. The van der Waals surface area contributed by atoms with Crippen molar-refractivity contribution in [1.82, 2.24) is 8.61 Å². The van der Waals surface area contributed by atoms with E-state index in [4.69, 9.17) is 4.74 Å². The zero-order valence-corrected chi connectivity index (χ0v) is 16.2. The van der Waals surface area contributed by atoms with Crippen molar-refractivity contribution in [2.24, 2.45) is 11.8 Å². The molecule has 0 spiro atoms. The van der Waals surface area contributed by atoms with E-state index in [1.807, 2.05) is 24.3 Å². The van der Waals surface area contributed by atoms with Gasteiger partial charge in [-0.2, -0.15) is 17.0 Å². The molecular weight excluding hydrogens is 338 g/mol. The number of piperidine rings is 1. The van der Waals surface area contributed by atoms with E-state index in [0.717, 1.165) is 17.9 Å². The first kappa shape index (κ1) is 18.5. The summed E-state index contributed by atoms with van der Waals surface area (Å²) in [5.41, 5.74) is 1.03. The Morgan fingerprint density at radius 2 is 1.56 bits per heavy atom. The van der Waals surface area contributed by atoms with Crippen LogP contribution in [0.25, 0.3) is 0 Å². The molecule has 0 aliphatic carbocycles. The Morgan fingerprint density at radius 1 is 0.960 bits per heavy atom. The third-order valence-electron chi connectivity index (χ3n) is 5.15. The standard InChI is InChI=1S/C18H29N3O3S/c1-15-12-16(2)14-21(13-15)25(22,23)20-10-8-19(9-11-20)17-6-4-5-7-18(17)24-3/h4-7,15-16H,8-14H2,1-3H3. The van der Waals surface area contributed by atoms with Crippen LogP contribution in [0.4, 0.5) is 5.69 Å². The molecule has 0 radical (unpaired) electrons. The molecule has 1 aromatic rings. The molecule has 2 aliphatic heterocycles. The van der Waals surface area contributed by atoms with Gasteiger partial charge in [-0.1, -0.05) is 26.0 Å². The Kier molecular flexibility index (Phi) is 5.55. The Morgan fingerprint density at radius 3 is 2.16 bits per heavy atom. The lowest BCUT2D eigenvalue weighted by molar-refractivity contribution is 0.207. The number of hydrogen-bond donors (Lipinski definition) is 0. The smallest absolute Gasteiger partial charge is 0.282 e. The van der Waals surface area contributed by atoms with Gasteiger partial charge in [0.15, 0.2) is 0 Å². The number of ether oxygens (including phenoxy) is 1. The molecular formula is C18H29N3O3S. The van der Waals surface area contributed by atoms with Gasteiger partial charge < -0.3 is 9.64 Å². The number of para-hydroxylation sites is 2. The second-order valence-electron chi connectivity index (χ2n) is 7.33. The fourth-order valence-corrected chi connectivity index (χ4v) is 5.85. The van der Waals surface area contributed by atoms with Crippen LogP contribution in [-0.4, -0.2) is 63.4 Å². The normalized spacial score (nSPS) is 26.6. The lowest BCUT2D eigenvalue weighted by atomic mass is 9.94. The average Bonchev–Trinajstić information content (AvgIpc) is 2.61. The maximum Gasteiger partial charge on any atom is 0.282 e. The van der Waals surface area contributed by atoms with E-state index in [2.05, 4.69) is 18.7 Å². The van der Waals surface area contributed by atoms with Crippen LogP contribution in [0, 0.1) is 11.8 Å². The summed E-state index contributed by atoms with van der Waals surface area (Å²) in [4.78, 5) is 2.20. The third-order valence-corrected chi connectivity index (χ3v) is 7.12. The van der Waals surface area contributed by atoms with Gasteiger partial charge in [-0.15, -0.1) is 0 Å². The van der Waals surface area contributed by atoms with Crippen molar-refractivity contribution >= 4 is 15.9 Å². The van der Waals surface area contributed by atoms with Crippen molar-refractivity contribution in [3.63, 3.8) is 0 Å². The van der Waals surface area contributed by atoms with Crippen LogP contribution < -0.4 is 9.64 Å². The first-order valence-electron chi connectivity index (χ1n) is 9.05. The molecule has 0 aromatic heterocycles. The summed E-state index contributed by atoms with van der Waals surface area (Å²) in [6.07, 6.45) is 1.10. The predicted octanol–water partition coefficient (Wildman–Crippen LogP) is 2.04. The average molecular weight is 368 g/mol. The Balaban J connectivity index is 1.67. The second-order valence-corrected chi connectivity index (χ2v) is 9.26. The first-order chi connectivity index (χ1) is 11.9. The molecule has 2 saturated heterocycles. The highest BCUT2D eigenvalue weighted by atomic mass is 32.2. The molecule has 0 bridgehead atoms. The van der Waals surface area contributed by atoms with Gasteiger partial charge in [-0.05, 0) is 30.4 Å². The minimum Gasteiger partial charge on any atom is -0.495 e. The summed E-state index contributed by atoms with van der Waals surface area (Å²) >= 11 is 0. The van der Waals surface area contributed by atoms with E-state index in [-0.39, 0.29) is 0 Å². The predicted molar refractivity (Wildman–Crippen MR) is 100 cm³/mol. The molecule has 0 saturated carbocycles. The van der Waals surface area contributed by atoms with Crippen LogP contribution in [0.3, 0.4) is 0 Å². The number of rotatable bonds is 4. The first-order valence-corrected chi connectivity index (χ1v) is 10.4. The molecule has 6 nitrogen and oxygen atoms in total. The maximum absolute atomic E-state index is 13.0. The van der Waals surface area contributed by atoms with Gasteiger partial charge in [0.2, 0.25) is 0 Å². The molecule has 3 rings (SSSR count). The highest BCUT2D eigenvalue weighted by molar-refractivity contribution is 7.86. The van der Waals surface area contributed by atoms with Crippen molar-refractivity contribution in [2.45, 2.75) is 20.3 Å². The van der Waals surface area contributed by atoms with Crippen molar-refractivity contribution in [3.8, 4) is 5.75 Å². The minimum absolute atomic E-state index is 0.424. The van der Waals surface area contributed by atoms with Crippen molar-refractivity contribution in [3.05, 3.63) is 24.3 Å². The summed E-state index contributed by atoms with van der Waals surface area (Å²) < 4.78 is 34.8. The van der Waals surface area contributed by atoms with Crippen LogP contribution in [0.5, 0.6) is 5.75 Å². The van der Waals surface area contributed by atoms with Gasteiger partial charge in [0.1, 0.15) is 5.75 Å². The zero-order chi connectivity index (χ0) is 18.0. The minimum atomic E-state index is -3.36. The Labute approximate surface area is 151 Å². The van der Waals surface area contributed by atoms with Crippen LogP contribution in [0.15, 0.2) is 24.3 Å². The summed E-state index contributed by atoms with van der Waals surface area (Å²) in [5.74, 6) is 1.68. The van der Waals surface area contributed by atoms with Crippen LogP contribution >= 0.6 is 0 Å². The topological polar surface area (TPSA) is 53.1 Å². The van der Waals surface area contributed by atoms with Crippen molar-refractivity contribution in [1.29, 1.82) is 0 Å². The highest BCUT2D eigenvalue weighted by Crippen LogP contribution is 2.30. The highest BCUT2D eigenvalue weighted by Gasteiger charge is 2.36. The van der Waals surface area contributed by atoms with E-state index >= 15 is 0 Å². The molecule has 25 heavy (non-hydrogen) atoms. The van der Waals surface area contributed by atoms with E-state index in [0.29, 0.717) is 51.1 Å². The zero-order valence-electron chi connectivity index (χ0n) is 15.4. The maximum atomic E-state index is 13.0. The summed E-state index contributed by atoms with van der Waals surface area (Å²) in [6.45, 7) is 7.94. The molecule has 0 N–H and O–H groups in total. The lowest BCUT2D eigenvalue weighted by Gasteiger charge is -2.41. The second kappa shape index (κ2) is 7.51. The number of nitrogens with zero attached hydrogens (tertiary/aromatic N) is 3. The van der Waals surface area contributed by atoms with Crippen LogP contribution in [-0.2, 0) is 10.2 Å². The molecule has 2 heterocycles. The fourth-order valence-electron chi connectivity index (χ4n) is 4.01. The number of hydrogen-bond acceptors (Lipinski definition) is 4. The van der Waals surface area contributed by atoms with Crippen molar-refractivity contribution in [2.75, 3.05) is 51.3 Å². The van der Waals surface area contributed by atoms with Crippen LogP contribution in [0.2, 0.25) is 0 Å². The number of piperazine rings is 1. The summed E-state index contributed by atoms with van der Waals surface area (Å²) in [7, 11) is -1.70. The molecule has 140 valence electrons. The van der Waals surface area contributed by atoms with Gasteiger partial charge in [0.05, 0.1) is 12.8 Å². The van der Waals surface area contributed by atoms with Gasteiger partial charge >= 0.3 is 0 Å². The van der Waals surface area contributed by atoms with E-state index in [1.165, 1.54) is 0 Å². The quantitative estimate of drug-likeness (QED) is 0.817. The molecule has 2 unspecified atom stereocenters. The van der Waals surface area contributed by atoms with Crippen molar-refractivity contribution < 1.29 is 13.2 Å². The lowest BCUT2D eigenvalue weighted by Crippen LogP contribution is -2.55. The molecule has 2 aliphatic rings. The largest absolute Gasteiger partial charge is 0.495 e. The Hall–Kier alpha value is -1.31. The number of benzene rings is 1. The van der Waals surface area contributed by atoms with E-state index < -0.39 is 10.2 Å². The fraction of sp³-hybridized carbons (Fsp3) is 0.667. The Bertz CT molecular complexity index is 677. The molecule has 2 atom stereocenters. The number of methoxy groups -OCH3 is 1. The SMILES string of the molecule is COc1ccccc1N1CCN(S(=O)(=O)N2CC(C)CC(C)C2)CC1. The molecule has 7 heteroatoms. The van der Waals surface area contributed by atoms with E-state index in [1.54, 1.807) is 15.7 Å². The molecule has 1 aromatic carbocycles. The van der Waals surface area contributed by atoms with Gasteiger partial charge in [-0.3, -0.25) is 0 Å². The summed E-state index contributed by atoms with van der Waals surface area (Å²) in [5, 5.41) is 0. The van der Waals surface area contributed by atoms with Crippen LogP contribution in [0.1, 0.15) is 20.3 Å². The van der Waals surface area contributed by atoms with E-state index in [9.17, 15) is 8.42 Å². The van der Waals surface area contributed by atoms with Gasteiger partial charge in [0.25, 0.3) is 10.2 Å².